The summed E-state index contributed by atoms with van der Waals surface area (Å²) < 4.78 is 25.6. The topological polar surface area (TPSA) is 78.5 Å². The lowest BCUT2D eigenvalue weighted by Gasteiger charge is -2.14. The van der Waals surface area contributed by atoms with Crippen LogP contribution in [0.5, 0.6) is 0 Å². The summed E-state index contributed by atoms with van der Waals surface area (Å²) in [6.45, 7) is 1.61. The van der Waals surface area contributed by atoms with Gasteiger partial charge in [-0.15, -0.1) is 0 Å². The maximum absolute atomic E-state index is 12.1. The van der Waals surface area contributed by atoms with Crippen molar-refractivity contribution in [3.05, 3.63) is 64.7 Å². The molecule has 1 N–H and O–H groups in total. The molecule has 0 spiro atoms. The second-order valence-corrected chi connectivity index (χ2v) is 5.56. The van der Waals surface area contributed by atoms with Gasteiger partial charge in [0, 0.05) is 16.3 Å². The zero-order valence-electron chi connectivity index (χ0n) is 11.6. The van der Waals surface area contributed by atoms with E-state index in [0.717, 1.165) is 0 Å². The molecule has 116 valence electrons. The molecule has 2 unspecified atom stereocenters. The molecule has 0 radical (unpaired) electrons. The van der Waals surface area contributed by atoms with Crippen molar-refractivity contribution in [2.75, 3.05) is 5.32 Å². The summed E-state index contributed by atoms with van der Waals surface area (Å²) in [7, 11) is 0. The first-order valence-corrected chi connectivity index (χ1v) is 7.77. The van der Waals surface area contributed by atoms with Gasteiger partial charge in [-0.25, -0.2) is 4.21 Å². The van der Waals surface area contributed by atoms with E-state index < -0.39 is 17.5 Å². The van der Waals surface area contributed by atoms with Crippen molar-refractivity contribution in [2.45, 2.75) is 13.0 Å². The summed E-state index contributed by atoms with van der Waals surface area (Å²) >= 11 is 3.20. The van der Waals surface area contributed by atoms with Crippen LogP contribution in [0.3, 0.4) is 0 Å². The SMILES string of the molecule is CC(OS(=O)[O-])c1ccc(C(=O)Nc2ccc(Cl)cc2)cc1. The number of amides is 1. The van der Waals surface area contributed by atoms with E-state index in [4.69, 9.17) is 11.6 Å². The number of carbonyl (C=O) groups excluding carboxylic acids is 1. The van der Waals surface area contributed by atoms with Gasteiger partial charge in [-0.05, 0) is 48.9 Å². The van der Waals surface area contributed by atoms with Gasteiger partial charge in [0.15, 0.2) is 0 Å². The average molecular weight is 339 g/mol. The molecule has 0 aromatic heterocycles. The predicted molar refractivity (Wildman–Crippen MR) is 84.3 cm³/mol. The van der Waals surface area contributed by atoms with Crippen LogP contribution in [0, 0.1) is 0 Å². The molecule has 0 aliphatic rings. The number of rotatable bonds is 5. The van der Waals surface area contributed by atoms with E-state index in [1.165, 1.54) is 0 Å². The van der Waals surface area contributed by atoms with Gasteiger partial charge in [0.05, 0.1) is 17.5 Å². The summed E-state index contributed by atoms with van der Waals surface area (Å²) in [5.74, 6) is -0.269. The Morgan fingerprint density at radius 1 is 1.18 bits per heavy atom. The van der Waals surface area contributed by atoms with Crippen molar-refractivity contribution in [2.24, 2.45) is 0 Å². The fraction of sp³-hybridized carbons (Fsp3) is 0.133. The highest BCUT2D eigenvalue weighted by Crippen LogP contribution is 2.19. The lowest BCUT2D eigenvalue weighted by molar-refractivity contribution is 0.102. The number of nitrogens with one attached hydrogen (secondary N) is 1. The Morgan fingerprint density at radius 2 is 1.77 bits per heavy atom. The Kier molecular flexibility index (Phi) is 5.68. The third-order valence-electron chi connectivity index (χ3n) is 2.97. The molecule has 0 heterocycles. The molecule has 5 nitrogen and oxygen atoms in total. The van der Waals surface area contributed by atoms with Crippen molar-refractivity contribution >= 4 is 34.6 Å². The van der Waals surface area contributed by atoms with Gasteiger partial charge in [-0.1, -0.05) is 23.7 Å². The molecule has 1 amide bonds. The van der Waals surface area contributed by atoms with Crippen molar-refractivity contribution in [1.29, 1.82) is 0 Å². The highest BCUT2D eigenvalue weighted by atomic mass is 35.5. The molecule has 2 atom stereocenters. The Bertz CT molecular complexity index is 673. The average Bonchev–Trinajstić information content (AvgIpc) is 2.49. The minimum Gasteiger partial charge on any atom is -0.750 e. The molecule has 0 fully saturated rings. The van der Waals surface area contributed by atoms with Gasteiger partial charge in [-0.3, -0.25) is 8.98 Å². The number of hydrogen-bond acceptors (Lipinski definition) is 4. The van der Waals surface area contributed by atoms with Crippen molar-refractivity contribution in [3.63, 3.8) is 0 Å². The monoisotopic (exact) mass is 338 g/mol. The molecule has 0 saturated carbocycles. The third kappa shape index (κ3) is 4.64. The van der Waals surface area contributed by atoms with Crippen LogP contribution in [0.15, 0.2) is 48.5 Å². The van der Waals surface area contributed by atoms with E-state index >= 15 is 0 Å². The molecular formula is C15H13ClNO4S-. The van der Waals surface area contributed by atoms with E-state index in [-0.39, 0.29) is 5.91 Å². The predicted octanol–water partition coefficient (Wildman–Crippen LogP) is 3.46. The van der Waals surface area contributed by atoms with Crippen LogP contribution in [0.2, 0.25) is 5.02 Å². The van der Waals surface area contributed by atoms with Crippen LogP contribution >= 0.6 is 11.6 Å². The summed E-state index contributed by atoms with van der Waals surface area (Å²) in [6, 6.07) is 13.3. The Hall–Kier alpha value is -1.73. The second-order valence-electron chi connectivity index (χ2n) is 4.53. The van der Waals surface area contributed by atoms with E-state index in [9.17, 15) is 13.6 Å². The van der Waals surface area contributed by atoms with Gasteiger partial charge < -0.3 is 9.87 Å². The minimum absolute atomic E-state index is 0.269. The largest absolute Gasteiger partial charge is 0.750 e. The van der Waals surface area contributed by atoms with Gasteiger partial charge in [0.1, 0.15) is 0 Å². The molecule has 7 heteroatoms. The number of anilines is 1. The highest BCUT2D eigenvalue weighted by Gasteiger charge is 2.09. The van der Waals surface area contributed by atoms with Crippen LogP contribution in [-0.4, -0.2) is 14.7 Å². The van der Waals surface area contributed by atoms with Crippen molar-refractivity contribution < 1.29 is 17.7 Å². The zero-order valence-corrected chi connectivity index (χ0v) is 13.2. The van der Waals surface area contributed by atoms with E-state index in [1.54, 1.807) is 55.5 Å². The van der Waals surface area contributed by atoms with Gasteiger partial charge in [-0.2, -0.15) is 0 Å². The van der Waals surface area contributed by atoms with Crippen molar-refractivity contribution in [1.82, 2.24) is 0 Å². The first-order chi connectivity index (χ1) is 10.5. The summed E-state index contributed by atoms with van der Waals surface area (Å²) in [5, 5.41) is 3.33. The highest BCUT2D eigenvalue weighted by molar-refractivity contribution is 7.74. The number of hydrogen-bond donors (Lipinski definition) is 1. The smallest absolute Gasteiger partial charge is 0.255 e. The second kappa shape index (κ2) is 7.51. The summed E-state index contributed by atoms with van der Waals surface area (Å²) in [4.78, 5) is 12.1. The maximum atomic E-state index is 12.1. The third-order valence-corrected chi connectivity index (χ3v) is 3.67. The van der Waals surface area contributed by atoms with E-state index in [1.807, 2.05) is 0 Å². The first kappa shape index (κ1) is 16.6. The van der Waals surface area contributed by atoms with Gasteiger partial charge in [0.25, 0.3) is 5.91 Å². The Labute approximate surface area is 135 Å². The summed E-state index contributed by atoms with van der Waals surface area (Å²) in [5.41, 5.74) is 1.75. The number of carbonyl (C=O) groups is 1. The fourth-order valence-corrected chi connectivity index (χ4v) is 2.29. The van der Waals surface area contributed by atoms with Crippen LogP contribution in [0.4, 0.5) is 5.69 Å². The van der Waals surface area contributed by atoms with Gasteiger partial charge >= 0.3 is 0 Å². The van der Waals surface area contributed by atoms with E-state index in [2.05, 4.69) is 9.50 Å². The van der Waals surface area contributed by atoms with Gasteiger partial charge in [0.2, 0.25) is 0 Å². The van der Waals surface area contributed by atoms with Crippen LogP contribution in [0.25, 0.3) is 0 Å². The molecular weight excluding hydrogens is 326 g/mol. The fourth-order valence-electron chi connectivity index (χ4n) is 1.82. The molecule has 0 aliphatic carbocycles. The molecule has 22 heavy (non-hydrogen) atoms. The van der Waals surface area contributed by atoms with Crippen LogP contribution in [-0.2, 0) is 15.5 Å². The standard InChI is InChI=1S/C15H14ClNO4S/c1-10(21-22(19)20)11-2-4-12(5-3-11)15(18)17-14-8-6-13(16)7-9-14/h2-10H,1H3,(H,17,18)(H,19,20)/p-1. The molecule has 0 bridgehead atoms. The molecule has 2 rings (SSSR count). The lowest BCUT2D eigenvalue weighted by atomic mass is 10.1. The maximum Gasteiger partial charge on any atom is 0.255 e. The minimum atomic E-state index is -2.58. The molecule has 2 aromatic rings. The quantitative estimate of drug-likeness (QED) is 0.847. The number of halogens is 1. The molecule has 0 aliphatic heterocycles. The summed E-state index contributed by atoms with van der Waals surface area (Å²) in [6.07, 6.45) is -0.605. The van der Waals surface area contributed by atoms with E-state index in [0.29, 0.717) is 21.8 Å². The molecule has 0 saturated heterocycles. The van der Waals surface area contributed by atoms with Crippen molar-refractivity contribution in [3.8, 4) is 0 Å². The Balaban J connectivity index is 2.04. The lowest BCUT2D eigenvalue weighted by Crippen LogP contribution is -2.12. The van der Waals surface area contributed by atoms with Crippen LogP contribution in [0.1, 0.15) is 28.9 Å². The van der Waals surface area contributed by atoms with Crippen LogP contribution < -0.4 is 5.32 Å². The number of benzene rings is 2. The molecule has 2 aromatic carbocycles. The zero-order chi connectivity index (χ0) is 16.1. The normalized spacial score (nSPS) is 13.4. The first-order valence-electron chi connectivity index (χ1n) is 6.39. The Morgan fingerprint density at radius 3 is 2.32 bits per heavy atom.